The number of ether oxygens (including phenoxy) is 1. The van der Waals surface area contributed by atoms with Crippen LogP contribution in [-0.4, -0.2) is 43.9 Å². The molecule has 0 saturated carbocycles. The Morgan fingerprint density at radius 3 is 2.41 bits per heavy atom. The first-order valence-corrected chi connectivity index (χ1v) is 11.1. The molecule has 176 valence electrons. The number of carbonyl (C=O) groups is 2. The zero-order valence-corrected chi connectivity index (χ0v) is 19.0. The number of likely N-dealkylation sites (tertiary alicyclic amines) is 1. The number of ketones is 1. The van der Waals surface area contributed by atoms with Crippen molar-refractivity contribution in [3.63, 3.8) is 0 Å². The molecule has 1 amide bonds. The fourth-order valence-corrected chi connectivity index (χ4v) is 4.06. The van der Waals surface area contributed by atoms with E-state index >= 15 is 0 Å². The van der Waals surface area contributed by atoms with E-state index in [-0.39, 0.29) is 23.0 Å². The normalized spacial score (nSPS) is 17.5. The number of carbonyl (C=O) groups excluding carboxylic acids is 2. The van der Waals surface area contributed by atoms with Crippen molar-refractivity contribution >= 4 is 17.4 Å². The Balaban J connectivity index is 1.71. The molecule has 3 aromatic rings. The maximum atomic E-state index is 13.4. The van der Waals surface area contributed by atoms with Gasteiger partial charge in [-0.05, 0) is 62.2 Å². The third-order valence-electron chi connectivity index (χ3n) is 5.60. The molecule has 1 saturated heterocycles. The standard InChI is InChI=1S/C26H26FN3O4/c1-17(2)34-21-10-6-18(7-11-21)23-22(24(31)19-4-8-20(27)9-5-19)25(32)26(33)30(23)14-3-13-29-15-12-28-16-29/h4-12,15-17,23,31H,3,13-14H2,1-2H3/b24-22+/t23-/m1/s1. The molecule has 1 aromatic heterocycles. The van der Waals surface area contributed by atoms with Crippen LogP contribution in [0.4, 0.5) is 4.39 Å². The fraction of sp³-hybridized carbons (Fsp3) is 0.269. The van der Waals surface area contributed by atoms with E-state index in [2.05, 4.69) is 4.98 Å². The summed E-state index contributed by atoms with van der Waals surface area (Å²) in [7, 11) is 0. The first-order chi connectivity index (χ1) is 16.3. The van der Waals surface area contributed by atoms with Crippen LogP contribution in [0.1, 0.15) is 37.4 Å². The zero-order valence-electron chi connectivity index (χ0n) is 19.0. The fourth-order valence-electron chi connectivity index (χ4n) is 4.06. The lowest BCUT2D eigenvalue weighted by atomic mass is 9.95. The van der Waals surface area contributed by atoms with Gasteiger partial charge in [-0.25, -0.2) is 9.37 Å². The highest BCUT2D eigenvalue weighted by atomic mass is 19.1. The van der Waals surface area contributed by atoms with E-state index in [0.29, 0.717) is 30.8 Å². The molecule has 34 heavy (non-hydrogen) atoms. The van der Waals surface area contributed by atoms with Crippen molar-refractivity contribution < 1.29 is 23.8 Å². The molecule has 2 aromatic carbocycles. The van der Waals surface area contributed by atoms with Gasteiger partial charge in [0.15, 0.2) is 0 Å². The largest absolute Gasteiger partial charge is 0.507 e. The number of aryl methyl sites for hydroxylation is 1. The number of halogens is 1. The number of benzene rings is 2. The van der Waals surface area contributed by atoms with Gasteiger partial charge in [-0.15, -0.1) is 0 Å². The van der Waals surface area contributed by atoms with E-state index in [1.165, 1.54) is 29.2 Å². The van der Waals surface area contributed by atoms with Gasteiger partial charge in [0, 0.05) is 31.0 Å². The molecular formula is C26H26FN3O4. The van der Waals surface area contributed by atoms with E-state index in [1.807, 2.05) is 24.6 Å². The lowest BCUT2D eigenvalue weighted by Gasteiger charge is -2.25. The first kappa shape index (κ1) is 23.2. The van der Waals surface area contributed by atoms with Crippen molar-refractivity contribution in [3.05, 3.63) is 89.8 Å². The highest BCUT2D eigenvalue weighted by Crippen LogP contribution is 2.40. The maximum absolute atomic E-state index is 13.4. The molecule has 0 radical (unpaired) electrons. The molecule has 1 fully saturated rings. The lowest BCUT2D eigenvalue weighted by Crippen LogP contribution is -2.31. The molecular weight excluding hydrogens is 437 g/mol. The number of hydrogen-bond donors (Lipinski definition) is 1. The molecule has 0 unspecified atom stereocenters. The zero-order chi connectivity index (χ0) is 24.2. The van der Waals surface area contributed by atoms with Gasteiger partial charge in [0.05, 0.1) is 24.0 Å². The number of aromatic nitrogens is 2. The molecule has 1 aliphatic rings. The van der Waals surface area contributed by atoms with Crippen molar-refractivity contribution in [2.45, 2.75) is 39.0 Å². The second-order valence-electron chi connectivity index (χ2n) is 8.39. The highest BCUT2D eigenvalue weighted by molar-refractivity contribution is 6.46. The molecule has 4 rings (SSSR count). The maximum Gasteiger partial charge on any atom is 0.295 e. The highest BCUT2D eigenvalue weighted by Gasteiger charge is 2.45. The van der Waals surface area contributed by atoms with Crippen molar-refractivity contribution in [2.75, 3.05) is 6.54 Å². The summed E-state index contributed by atoms with van der Waals surface area (Å²) in [5, 5.41) is 11.0. The summed E-state index contributed by atoms with van der Waals surface area (Å²) >= 11 is 0. The Kier molecular flexibility index (Phi) is 6.77. The van der Waals surface area contributed by atoms with E-state index < -0.39 is 23.5 Å². The average molecular weight is 464 g/mol. The van der Waals surface area contributed by atoms with E-state index in [0.717, 1.165) is 0 Å². The molecule has 8 heteroatoms. The quantitative estimate of drug-likeness (QED) is 0.306. The van der Waals surface area contributed by atoms with E-state index in [9.17, 15) is 19.1 Å². The minimum absolute atomic E-state index is 0.00172. The van der Waals surface area contributed by atoms with Crippen molar-refractivity contribution in [1.29, 1.82) is 0 Å². The molecule has 0 aliphatic carbocycles. The smallest absolute Gasteiger partial charge is 0.295 e. The third-order valence-corrected chi connectivity index (χ3v) is 5.60. The molecule has 0 spiro atoms. The summed E-state index contributed by atoms with van der Waals surface area (Å²) in [6.07, 6.45) is 5.78. The van der Waals surface area contributed by atoms with Crippen molar-refractivity contribution in [3.8, 4) is 5.75 Å². The number of aliphatic hydroxyl groups excluding tert-OH is 1. The van der Waals surface area contributed by atoms with Crippen LogP contribution in [0.5, 0.6) is 5.75 Å². The SMILES string of the molecule is CC(C)Oc1ccc([C@@H]2/C(=C(\O)c3ccc(F)cc3)C(=O)C(=O)N2CCCn2ccnc2)cc1. The van der Waals surface area contributed by atoms with Crippen LogP contribution in [0.25, 0.3) is 5.76 Å². The van der Waals surface area contributed by atoms with Gasteiger partial charge in [-0.3, -0.25) is 9.59 Å². The predicted molar refractivity (Wildman–Crippen MR) is 124 cm³/mol. The summed E-state index contributed by atoms with van der Waals surface area (Å²) in [5.74, 6) is -1.58. The Morgan fingerprint density at radius 1 is 1.09 bits per heavy atom. The topological polar surface area (TPSA) is 84.7 Å². The first-order valence-electron chi connectivity index (χ1n) is 11.1. The molecule has 1 atom stereocenters. The Hall–Kier alpha value is -3.94. The number of Topliss-reactive ketones (excluding diaryl/α,β-unsaturated/α-hetero) is 1. The second kappa shape index (κ2) is 9.91. The lowest BCUT2D eigenvalue weighted by molar-refractivity contribution is -0.139. The molecule has 7 nitrogen and oxygen atoms in total. The van der Waals surface area contributed by atoms with Crippen LogP contribution in [0.3, 0.4) is 0 Å². The number of hydrogen-bond acceptors (Lipinski definition) is 5. The Bertz CT molecular complexity index is 1190. The van der Waals surface area contributed by atoms with Gasteiger partial charge in [0.1, 0.15) is 17.3 Å². The summed E-state index contributed by atoms with van der Waals surface area (Å²) in [6.45, 7) is 4.77. The third kappa shape index (κ3) is 4.85. The van der Waals surface area contributed by atoms with E-state index in [4.69, 9.17) is 4.74 Å². The number of nitrogens with zero attached hydrogens (tertiary/aromatic N) is 3. The van der Waals surface area contributed by atoms with Gasteiger partial charge in [0.2, 0.25) is 0 Å². The van der Waals surface area contributed by atoms with Crippen LogP contribution in [-0.2, 0) is 16.1 Å². The predicted octanol–water partition coefficient (Wildman–Crippen LogP) is 4.32. The second-order valence-corrected chi connectivity index (χ2v) is 8.39. The Labute approximate surface area is 197 Å². The minimum Gasteiger partial charge on any atom is -0.507 e. The monoisotopic (exact) mass is 463 g/mol. The van der Waals surface area contributed by atoms with Gasteiger partial charge in [-0.2, -0.15) is 0 Å². The van der Waals surface area contributed by atoms with Gasteiger partial charge in [0.25, 0.3) is 11.7 Å². The van der Waals surface area contributed by atoms with Crippen LogP contribution in [0, 0.1) is 5.82 Å². The van der Waals surface area contributed by atoms with Crippen LogP contribution in [0.2, 0.25) is 0 Å². The summed E-state index contributed by atoms with van der Waals surface area (Å²) in [5.41, 5.74) is 0.918. The number of imidazole rings is 1. The van der Waals surface area contributed by atoms with Gasteiger partial charge in [-0.1, -0.05) is 12.1 Å². The van der Waals surface area contributed by atoms with Gasteiger partial charge < -0.3 is 19.3 Å². The number of amides is 1. The molecule has 1 N–H and O–H groups in total. The van der Waals surface area contributed by atoms with Gasteiger partial charge >= 0.3 is 0 Å². The van der Waals surface area contributed by atoms with Crippen LogP contribution < -0.4 is 4.74 Å². The number of aliphatic hydroxyl groups is 1. The number of rotatable bonds is 8. The van der Waals surface area contributed by atoms with E-state index in [1.54, 1.807) is 36.8 Å². The molecule has 2 heterocycles. The van der Waals surface area contributed by atoms with Crippen LogP contribution >= 0.6 is 0 Å². The Morgan fingerprint density at radius 2 is 1.79 bits per heavy atom. The molecule has 0 bridgehead atoms. The summed E-state index contributed by atoms with van der Waals surface area (Å²) in [6, 6.07) is 11.5. The van der Waals surface area contributed by atoms with Crippen LogP contribution in [0.15, 0.2) is 72.8 Å². The summed E-state index contributed by atoms with van der Waals surface area (Å²) in [4.78, 5) is 31.6. The summed E-state index contributed by atoms with van der Waals surface area (Å²) < 4.78 is 21.0. The van der Waals surface area contributed by atoms with Crippen molar-refractivity contribution in [1.82, 2.24) is 14.5 Å². The molecule has 1 aliphatic heterocycles. The minimum atomic E-state index is -0.777. The average Bonchev–Trinajstić information content (AvgIpc) is 3.42. The van der Waals surface area contributed by atoms with Crippen molar-refractivity contribution in [2.24, 2.45) is 0 Å².